The van der Waals surface area contributed by atoms with E-state index < -0.39 is 121 Å². The molecule has 31 heteroatoms. The van der Waals surface area contributed by atoms with Crippen molar-refractivity contribution in [1.29, 1.82) is 0 Å². The average molecular weight is 1010 g/mol. The van der Waals surface area contributed by atoms with Gasteiger partial charge < -0.3 is 92.9 Å². The van der Waals surface area contributed by atoms with Gasteiger partial charge in [0.25, 0.3) is 0 Å². The van der Waals surface area contributed by atoms with Gasteiger partial charge in [-0.2, -0.15) is 25.3 Å². The Bertz CT molecular complexity index is 1770. The SMILES string of the molecule is C[C@@H](O)[C@H](NC(=O)[C@H](CCCN=C(N)N)NC(=O)[C@H](CCCCN)NC(=O)[C@H](CCC(N)=O)NC(=O)CNC(=O)[C@@H](N)CS)C(=O)N[C@@H](CCCN=C(N)N)C(=O)NCC(=O)N[C@@H](CS)C(=O)O. The summed E-state index contributed by atoms with van der Waals surface area (Å²) in [6, 6.07) is -9.95. The molecule has 0 heterocycles. The highest BCUT2D eigenvalue weighted by Crippen LogP contribution is 2.09. The summed E-state index contributed by atoms with van der Waals surface area (Å²) < 4.78 is 0. The first-order chi connectivity index (χ1) is 32.0. The van der Waals surface area contributed by atoms with E-state index in [0.717, 1.165) is 6.92 Å². The van der Waals surface area contributed by atoms with Gasteiger partial charge in [0.1, 0.15) is 36.3 Å². The van der Waals surface area contributed by atoms with E-state index in [1.165, 1.54) is 0 Å². The first-order valence-electron chi connectivity index (χ1n) is 21.3. The third-order valence-corrected chi connectivity index (χ3v) is 10.1. The second kappa shape index (κ2) is 34.2. The molecule has 9 amide bonds. The zero-order valence-electron chi connectivity index (χ0n) is 37.7. The van der Waals surface area contributed by atoms with Crippen molar-refractivity contribution < 1.29 is 58.2 Å². The molecule has 0 saturated carbocycles. The minimum absolute atomic E-state index is 0.00501. The van der Waals surface area contributed by atoms with Crippen LogP contribution in [0.3, 0.4) is 0 Å². The number of primary amides is 1. The lowest BCUT2D eigenvalue weighted by Crippen LogP contribution is -2.61. The van der Waals surface area contributed by atoms with Crippen LogP contribution in [0.1, 0.15) is 64.7 Å². The number of carbonyl (C=O) groups is 10. The van der Waals surface area contributed by atoms with Gasteiger partial charge in [-0.3, -0.25) is 53.1 Å². The van der Waals surface area contributed by atoms with Crippen LogP contribution in [0.2, 0.25) is 0 Å². The van der Waals surface area contributed by atoms with Crippen molar-refractivity contribution in [3.63, 3.8) is 0 Å². The molecule has 68 heavy (non-hydrogen) atoms. The number of hydrogen-bond acceptors (Lipinski definition) is 17. The number of aliphatic hydroxyl groups excluding tert-OH is 1. The molecule has 0 unspecified atom stereocenters. The summed E-state index contributed by atoms with van der Waals surface area (Å²) in [7, 11) is 0. The van der Waals surface area contributed by atoms with Gasteiger partial charge in [-0.1, -0.05) is 0 Å². The van der Waals surface area contributed by atoms with E-state index in [0.29, 0.717) is 6.42 Å². The normalized spacial score (nSPS) is 14.3. The van der Waals surface area contributed by atoms with Gasteiger partial charge in [0.15, 0.2) is 11.9 Å². The Kier molecular flexibility index (Phi) is 31.1. The number of thiol groups is 2. The quantitative estimate of drug-likeness (QED) is 0.0121. The summed E-state index contributed by atoms with van der Waals surface area (Å²) in [6.07, 6.45) is -1.85. The van der Waals surface area contributed by atoms with Crippen molar-refractivity contribution in [3.8, 4) is 0 Å². The molecule has 0 aromatic rings. The maximum Gasteiger partial charge on any atom is 0.327 e. The zero-order chi connectivity index (χ0) is 51.9. The number of carbonyl (C=O) groups excluding carboxylic acids is 9. The summed E-state index contributed by atoms with van der Waals surface area (Å²) in [5.74, 6) is -10.3. The van der Waals surface area contributed by atoms with Crippen LogP contribution in [-0.2, 0) is 47.9 Å². The number of aliphatic carboxylic acids is 1. The highest BCUT2D eigenvalue weighted by atomic mass is 32.1. The lowest BCUT2D eigenvalue weighted by Gasteiger charge is -2.28. The molecule has 0 aliphatic rings. The van der Waals surface area contributed by atoms with Crippen molar-refractivity contribution in [2.24, 2.45) is 50.1 Å². The van der Waals surface area contributed by atoms with Crippen LogP contribution in [0, 0.1) is 0 Å². The van der Waals surface area contributed by atoms with Crippen molar-refractivity contribution >= 4 is 96.3 Å². The van der Waals surface area contributed by atoms with Gasteiger partial charge in [-0.25, -0.2) is 4.79 Å². The first-order valence-corrected chi connectivity index (χ1v) is 22.6. The van der Waals surface area contributed by atoms with E-state index in [4.69, 9.17) is 40.1 Å². The number of nitrogens with one attached hydrogen (secondary N) is 8. The monoisotopic (exact) mass is 1010 g/mol. The zero-order valence-corrected chi connectivity index (χ0v) is 39.5. The second-order valence-electron chi connectivity index (χ2n) is 15.1. The Balaban J connectivity index is 6.57. The molecule has 0 spiro atoms. The number of nitrogens with two attached hydrogens (primary N) is 7. The summed E-state index contributed by atoms with van der Waals surface area (Å²) in [4.78, 5) is 136. The van der Waals surface area contributed by atoms with Gasteiger partial charge in [0, 0.05) is 31.0 Å². The van der Waals surface area contributed by atoms with E-state index in [9.17, 15) is 58.2 Å². The van der Waals surface area contributed by atoms with Crippen LogP contribution in [-0.4, -0.2) is 174 Å². The van der Waals surface area contributed by atoms with Gasteiger partial charge >= 0.3 is 5.97 Å². The topological polar surface area (TPSA) is 514 Å². The predicted octanol–water partition coefficient (Wildman–Crippen LogP) is -8.72. The fraction of sp³-hybridized carbons (Fsp3) is 0.676. The van der Waals surface area contributed by atoms with Crippen LogP contribution in [0.25, 0.3) is 0 Å². The molecule has 0 aliphatic heterocycles. The third-order valence-electron chi connectivity index (χ3n) is 9.33. The fourth-order valence-corrected chi connectivity index (χ4v) is 6.09. The minimum atomic E-state index is -1.78. The van der Waals surface area contributed by atoms with Gasteiger partial charge in [-0.15, -0.1) is 0 Å². The fourth-order valence-electron chi connectivity index (χ4n) is 5.68. The Morgan fingerprint density at radius 2 is 0.971 bits per heavy atom. The summed E-state index contributed by atoms with van der Waals surface area (Å²) >= 11 is 7.79. The number of amides is 9. The molecule has 0 rings (SSSR count). The highest BCUT2D eigenvalue weighted by Gasteiger charge is 2.34. The number of guanidine groups is 2. The molecule has 8 atom stereocenters. The summed E-state index contributed by atoms with van der Waals surface area (Å²) in [5.41, 5.74) is 38.2. The lowest BCUT2D eigenvalue weighted by molar-refractivity contribution is -0.141. The van der Waals surface area contributed by atoms with Crippen LogP contribution < -0.4 is 82.7 Å². The molecule has 0 aliphatic carbocycles. The van der Waals surface area contributed by atoms with E-state index in [1.807, 2.05) is 0 Å². The summed E-state index contributed by atoms with van der Waals surface area (Å²) in [5, 5.41) is 38.8. The Morgan fingerprint density at radius 3 is 1.40 bits per heavy atom. The van der Waals surface area contributed by atoms with Crippen molar-refractivity contribution in [2.75, 3.05) is 44.2 Å². The van der Waals surface area contributed by atoms with Crippen LogP contribution in [0.15, 0.2) is 9.98 Å². The molecular weight excluding hydrogens is 939 g/mol. The third kappa shape index (κ3) is 26.8. The van der Waals surface area contributed by atoms with Gasteiger partial charge in [0.05, 0.1) is 25.2 Å². The Labute approximate surface area is 403 Å². The number of aliphatic imine (C=N–C) groups is 2. The van der Waals surface area contributed by atoms with Crippen LogP contribution in [0.4, 0.5) is 0 Å². The number of nitrogens with zero attached hydrogens (tertiary/aromatic N) is 2. The maximum atomic E-state index is 14.0. The maximum absolute atomic E-state index is 14.0. The number of unbranched alkanes of at least 4 members (excludes halogenated alkanes) is 1. The largest absolute Gasteiger partial charge is 0.480 e. The van der Waals surface area contributed by atoms with E-state index in [1.54, 1.807) is 0 Å². The molecule has 0 saturated heterocycles. The summed E-state index contributed by atoms with van der Waals surface area (Å²) in [6.45, 7) is 0.0154. The van der Waals surface area contributed by atoms with Crippen molar-refractivity contribution in [1.82, 2.24) is 42.5 Å². The van der Waals surface area contributed by atoms with Crippen LogP contribution >= 0.6 is 25.3 Å². The number of aliphatic hydroxyl groups is 1. The smallest absolute Gasteiger partial charge is 0.327 e. The highest BCUT2D eigenvalue weighted by molar-refractivity contribution is 7.80. The van der Waals surface area contributed by atoms with E-state index in [2.05, 4.69) is 77.8 Å². The molecule has 0 bridgehead atoms. The Hall–Kier alpha value is -6.18. The van der Waals surface area contributed by atoms with E-state index >= 15 is 0 Å². The molecule has 0 fully saturated rings. The number of rotatable bonds is 35. The molecular formula is C37H69N17O12S2. The van der Waals surface area contributed by atoms with Crippen LogP contribution in [0.5, 0.6) is 0 Å². The molecule has 24 N–H and O–H groups in total. The first kappa shape index (κ1) is 61.8. The molecule has 0 aromatic heterocycles. The predicted molar refractivity (Wildman–Crippen MR) is 254 cm³/mol. The Morgan fingerprint density at radius 1 is 0.544 bits per heavy atom. The van der Waals surface area contributed by atoms with Crippen molar-refractivity contribution in [3.05, 3.63) is 0 Å². The van der Waals surface area contributed by atoms with Gasteiger partial charge in [-0.05, 0) is 64.8 Å². The number of carboxylic acids is 1. The second-order valence-corrected chi connectivity index (χ2v) is 15.8. The number of hydrogen-bond donors (Lipinski definition) is 19. The minimum Gasteiger partial charge on any atom is -0.480 e. The molecule has 0 aromatic carbocycles. The molecule has 0 radical (unpaired) electrons. The lowest BCUT2D eigenvalue weighted by atomic mass is 10.0. The molecule has 29 nitrogen and oxygen atoms in total. The number of carboxylic acid groups (broad SMARTS) is 1. The average Bonchev–Trinajstić information content (AvgIpc) is 3.27. The molecule has 386 valence electrons. The van der Waals surface area contributed by atoms with Crippen molar-refractivity contribution in [2.45, 2.75) is 113 Å². The van der Waals surface area contributed by atoms with Gasteiger partial charge in [0.2, 0.25) is 53.2 Å². The standard InChI is InChI=1S/C37H69N17O12S2/c1-18(55)28(34(64)53-20(7-4-12-45-36(41)42)30(60)48-15-27(58)50-24(17-68)35(65)66)54-33(63)22(8-5-13-46-37(43)44)52-31(61)21(6-2-3-11-38)51-32(62)23(9-10-25(40)56)49-26(57)14-47-29(59)19(39)16-67/h18-24,28,55,67-68H,2-17,38-39H2,1H3,(H2,40,56)(H,47,59)(H,48,60)(H,49,57)(H,50,58)(H,51,62)(H,52,61)(H,53,64)(H,54,63)(H,65,66)(H4,41,42,45)(H4,43,44,46)/t18-,19+,20+,21+,22+,23+,24+,28+/m1/s1. The van der Waals surface area contributed by atoms with E-state index in [-0.39, 0.29) is 94.4 Å².